The largest absolute Gasteiger partial charge is 0.444 e. The molecular weight excluding hydrogens is 347 g/mol. The third kappa shape index (κ3) is 4.25. The molecule has 3 rings (SSSR count). The monoisotopic (exact) mass is 376 g/mol. The summed E-state index contributed by atoms with van der Waals surface area (Å²) in [4.78, 5) is 29.3. The van der Waals surface area contributed by atoms with Gasteiger partial charge in [-0.25, -0.2) is 9.18 Å². The zero-order chi connectivity index (χ0) is 20.0. The van der Waals surface area contributed by atoms with E-state index in [9.17, 15) is 14.0 Å². The standard InChI is InChI=1S/C21H29FN2O3/c1-14-12-24(19(26)27-20(2,3)4)17(15-6-8-16(22)9-7-15)13-23(14)18(25)21(5)10-11-21/h6-9,14,17H,10-13H2,1-5H3. The van der Waals surface area contributed by atoms with Crippen LogP contribution in [0, 0.1) is 11.2 Å². The van der Waals surface area contributed by atoms with Crippen LogP contribution in [0.3, 0.4) is 0 Å². The number of benzene rings is 1. The summed E-state index contributed by atoms with van der Waals surface area (Å²) in [5, 5.41) is 0. The SMILES string of the molecule is CC1CN(C(=O)OC(C)(C)C)C(c2ccc(F)cc2)CN1C(=O)C1(C)CC1. The lowest BCUT2D eigenvalue weighted by molar-refractivity contribution is -0.142. The first-order valence-electron chi connectivity index (χ1n) is 9.56. The molecule has 27 heavy (non-hydrogen) atoms. The summed E-state index contributed by atoms with van der Waals surface area (Å²) in [5.74, 6) is -0.184. The van der Waals surface area contributed by atoms with Crippen LogP contribution < -0.4 is 0 Å². The highest BCUT2D eigenvalue weighted by molar-refractivity contribution is 5.85. The molecule has 2 aliphatic rings. The van der Waals surface area contributed by atoms with Crippen molar-refractivity contribution in [2.75, 3.05) is 13.1 Å². The second-order valence-corrected chi connectivity index (χ2v) is 9.07. The van der Waals surface area contributed by atoms with Gasteiger partial charge >= 0.3 is 6.09 Å². The second kappa shape index (κ2) is 6.80. The molecule has 0 spiro atoms. The minimum absolute atomic E-state index is 0.0980. The summed E-state index contributed by atoms with van der Waals surface area (Å²) in [6.45, 7) is 10.2. The summed E-state index contributed by atoms with van der Waals surface area (Å²) >= 11 is 0. The topological polar surface area (TPSA) is 49.9 Å². The molecule has 1 aliphatic carbocycles. The molecule has 0 N–H and O–H groups in total. The molecule has 1 saturated carbocycles. The Morgan fingerprint density at radius 2 is 1.70 bits per heavy atom. The number of hydrogen-bond acceptors (Lipinski definition) is 3. The lowest BCUT2D eigenvalue weighted by Gasteiger charge is -2.46. The van der Waals surface area contributed by atoms with Crippen molar-refractivity contribution in [3.8, 4) is 0 Å². The summed E-state index contributed by atoms with van der Waals surface area (Å²) < 4.78 is 19.0. The van der Waals surface area contributed by atoms with Crippen LogP contribution in [0.4, 0.5) is 9.18 Å². The van der Waals surface area contributed by atoms with Crippen LogP contribution in [0.1, 0.15) is 59.1 Å². The Balaban J connectivity index is 1.89. The minimum Gasteiger partial charge on any atom is -0.444 e. The molecule has 1 aliphatic heterocycles. The molecule has 1 saturated heterocycles. The van der Waals surface area contributed by atoms with Crippen LogP contribution >= 0.6 is 0 Å². The fraction of sp³-hybridized carbons (Fsp3) is 0.619. The zero-order valence-corrected chi connectivity index (χ0v) is 16.8. The van der Waals surface area contributed by atoms with E-state index in [0.717, 1.165) is 18.4 Å². The lowest BCUT2D eigenvalue weighted by atomic mass is 9.97. The normalized spacial score (nSPS) is 24.5. The van der Waals surface area contributed by atoms with E-state index in [4.69, 9.17) is 4.74 Å². The Labute approximate surface area is 160 Å². The van der Waals surface area contributed by atoms with Gasteiger partial charge in [0.1, 0.15) is 11.4 Å². The van der Waals surface area contributed by atoms with Crippen molar-refractivity contribution in [3.63, 3.8) is 0 Å². The van der Waals surface area contributed by atoms with E-state index >= 15 is 0 Å². The summed E-state index contributed by atoms with van der Waals surface area (Å²) in [6, 6.07) is 5.66. The molecule has 0 bridgehead atoms. The Morgan fingerprint density at radius 3 is 2.22 bits per heavy atom. The molecular formula is C21H29FN2O3. The lowest BCUT2D eigenvalue weighted by Crippen LogP contribution is -2.58. The van der Waals surface area contributed by atoms with Gasteiger partial charge in [0, 0.05) is 24.5 Å². The Morgan fingerprint density at radius 1 is 1.11 bits per heavy atom. The minimum atomic E-state index is -0.609. The van der Waals surface area contributed by atoms with Gasteiger partial charge in [0.05, 0.1) is 6.04 Å². The fourth-order valence-electron chi connectivity index (χ4n) is 3.50. The van der Waals surface area contributed by atoms with E-state index in [1.807, 2.05) is 39.5 Å². The van der Waals surface area contributed by atoms with Crippen molar-refractivity contribution in [1.82, 2.24) is 9.80 Å². The highest BCUT2D eigenvalue weighted by Crippen LogP contribution is 2.47. The van der Waals surface area contributed by atoms with E-state index in [2.05, 4.69) is 0 Å². The van der Waals surface area contributed by atoms with Crippen molar-refractivity contribution >= 4 is 12.0 Å². The van der Waals surface area contributed by atoms with Gasteiger partial charge < -0.3 is 9.64 Å². The van der Waals surface area contributed by atoms with E-state index in [1.54, 1.807) is 17.0 Å². The van der Waals surface area contributed by atoms with Gasteiger partial charge in [-0.2, -0.15) is 0 Å². The van der Waals surface area contributed by atoms with Gasteiger partial charge in [-0.3, -0.25) is 9.69 Å². The maximum Gasteiger partial charge on any atom is 0.410 e. The second-order valence-electron chi connectivity index (χ2n) is 9.07. The number of carbonyl (C=O) groups is 2. The van der Waals surface area contributed by atoms with Gasteiger partial charge in [-0.1, -0.05) is 19.1 Å². The van der Waals surface area contributed by atoms with Crippen molar-refractivity contribution in [1.29, 1.82) is 0 Å². The third-order valence-corrected chi connectivity index (χ3v) is 5.40. The van der Waals surface area contributed by atoms with Crippen molar-refractivity contribution in [2.45, 2.75) is 65.1 Å². The predicted molar refractivity (Wildman–Crippen MR) is 101 cm³/mol. The van der Waals surface area contributed by atoms with Crippen molar-refractivity contribution < 1.29 is 18.7 Å². The van der Waals surface area contributed by atoms with Gasteiger partial charge in [0.2, 0.25) is 5.91 Å². The zero-order valence-electron chi connectivity index (χ0n) is 16.8. The summed E-state index contributed by atoms with van der Waals surface area (Å²) in [5.41, 5.74) is -0.0782. The van der Waals surface area contributed by atoms with Crippen LogP contribution in [0.5, 0.6) is 0 Å². The maximum absolute atomic E-state index is 13.4. The first-order chi connectivity index (χ1) is 12.5. The van der Waals surface area contributed by atoms with Gasteiger partial charge in [0.15, 0.2) is 0 Å². The summed E-state index contributed by atoms with van der Waals surface area (Å²) in [7, 11) is 0. The van der Waals surface area contributed by atoms with E-state index in [1.165, 1.54) is 12.1 Å². The van der Waals surface area contributed by atoms with E-state index < -0.39 is 11.7 Å². The van der Waals surface area contributed by atoms with Gasteiger partial charge in [0.25, 0.3) is 0 Å². The van der Waals surface area contributed by atoms with Gasteiger partial charge in [-0.15, -0.1) is 0 Å². The molecule has 2 atom stereocenters. The van der Waals surface area contributed by atoms with Crippen LogP contribution in [-0.2, 0) is 9.53 Å². The molecule has 1 heterocycles. The van der Waals surface area contributed by atoms with E-state index in [0.29, 0.717) is 13.1 Å². The average molecular weight is 376 g/mol. The number of rotatable bonds is 2. The predicted octanol–water partition coefficient (Wildman–Crippen LogP) is 4.13. The molecule has 2 fully saturated rings. The molecule has 6 heteroatoms. The fourth-order valence-corrected chi connectivity index (χ4v) is 3.50. The molecule has 0 radical (unpaired) electrons. The van der Waals surface area contributed by atoms with Crippen LogP contribution in [-0.4, -0.2) is 46.5 Å². The number of ether oxygens (including phenoxy) is 1. The average Bonchev–Trinajstić information content (AvgIpc) is 3.32. The van der Waals surface area contributed by atoms with Crippen LogP contribution in [0.25, 0.3) is 0 Å². The van der Waals surface area contributed by atoms with Crippen LogP contribution in [0.2, 0.25) is 0 Å². The Bertz CT molecular complexity index is 722. The molecule has 1 aromatic rings. The quantitative estimate of drug-likeness (QED) is 0.780. The number of amides is 2. The van der Waals surface area contributed by atoms with Crippen LogP contribution in [0.15, 0.2) is 24.3 Å². The molecule has 2 unspecified atom stereocenters. The number of piperazine rings is 1. The molecule has 5 nitrogen and oxygen atoms in total. The number of nitrogens with zero attached hydrogens (tertiary/aromatic N) is 2. The summed E-state index contributed by atoms with van der Waals surface area (Å²) in [6.07, 6.45) is 1.41. The number of carbonyl (C=O) groups excluding carboxylic acids is 2. The molecule has 1 aromatic carbocycles. The Kier molecular flexibility index (Phi) is 4.95. The smallest absolute Gasteiger partial charge is 0.410 e. The highest BCUT2D eigenvalue weighted by atomic mass is 19.1. The van der Waals surface area contributed by atoms with E-state index in [-0.39, 0.29) is 29.2 Å². The molecule has 0 aromatic heterocycles. The number of halogens is 1. The number of hydrogen-bond donors (Lipinski definition) is 0. The first kappa shape index (κ1) is 19.6. The Hall–Kier alpha value is -2.11. The third-order valence-electron chi connectivity index (χ3n) is 5.40. The highest BCUT2D eigenvalue weighted by Gasteiger charge is 2.50. The maximum atomic E-state index is 13.4. The first-order valence-corrected chi connectivity index (χ1v) is 9.56. The van der Waals surface area contributed by atoms with Crippen molar-refractivity contribution in [3.05, 3.63) is 35.6 Å². The molecule has 2 amide bonds. The van der Waals surface area contributed by atoms with Crippen molar-refractivity contribution in [2.24, 2.45) is 5.41 Å². The van der Waals surface area contributed by atoms with Gasteiger partial charge in [-0.05, 0) is 58.2 Å². The molecule has 148 valence electrons.